The van der Waals surface area contributed by atoms with Crippen LogP contribution in [0.1, 0.15) is 0 Å². The summed E-state index contributed by atoms with van der Waals surface area (Å²) in [5, 5.41) is 12.7. The van der Waals surface area contributed by atoms with E-state index < -0.39 is 0 Å². The first-order valence-electron chi connectivity index (χ1n) is 19.6. The van der Waals surface area contributed by atoms with Crippen molar-refractivity contribution in [2.75, 3.05) is 0 Å². The van der Waals surface area contributed by atoms with Crippen LogP contribution >= 0.6 is 0 Å². The minimum atomic E-state index is 0.972. The van der Waals surface area contributed by atoms with Crippen LogP contribution in [0.4, 0.5) is 0 Å². The van der Waals surface area contributed by atoms with E-state index in [2.05, 4.69) is 223 Å². The number of hydrogen-bond donors (Lipinski definition) is 0. The van der Waals surface area contributed by atoms with Crippen LogP contribution < -0.4 is 0 Å². The van der Waals surface area contributed by atoms with Crippen molar-refractivity contribution >= 4 is 37.8 Å². The zero-order valence-electron chi connectivity index (χ0n) is 31.2. The fourth-order valence-electron chi connectivity index (χ4n) is 8.80. The largest absolute Gasteiger partial charge is 0.231 e. The van der Waals surface area contributed by atoms with Gasteiger partial charge in [-0.1, -0.05) is 206 Å². The second-order valence-electron chi connectivity index (χ2n) is 14.7. The van der Waals surface area contributed by atoms with Gasteiger partial charge in [0.25, 0.3) is 0 Å². The molecule has 0 spiro atoms. The second kappa shape index (κ2) is 13.6. The molecule has 0 aliphatic carbocycles. The molecular weight excluding hydrogens is 689 g/mol. The Kier molecular flexibility index (Phi) is 7.86. The third kappa shape index (κ3) is 5.53. The van der Waals surface area contributed by atoms with E-state index in [-0.39, 0.29) is 0 Å². The molecule has 2 nitrogen and oxygen atoms in total. The Bertz CT molecular complexity index is 3180. The van der Waals surface area contributed by atoms with Crippen LogP contribution in [-0.4, -0.2) is 9.61 Å². The average Bonchev–Trinajstić information content (AvgIpc) is 3.70. The van der Waals surface area contributed by atoms with E-state index in [1.165, 1.54) is 60.3 Å². The summed E-state index contributed by atoms with van der Waals surface area (Å²) in [5.41, 5.74) is 15.0. The van der Waals surface area contributed by atoms with Gasteiger partial charge in [0, 0.05) is 22.1 Å². The first-order chi connectivity index (χ1) is 28.3. The smallest absolute Gasteiger partial charge is 0.101 e. The maximum atomic E-state index is 5.43. The predicted octanol–water partition coefficient (Wildman–Crippen LogP) is 14.8. The van der Waals surface area contributed by atoms with Crippen molar-refractivity contribution in [3.8, 4) is 67.0 Å². The first kappa shape index (κ1) is 32.8. The lowest BCUT2D eigenvalue weighted by molar-refractivity contribution is 0.979. The zero-order chi connectivity index (χ0) is 37.7. The molecular formula is C55H36N2. The lowest BCUT2D eigenvalue weighted by Crippen LogP contribution is -1.96. The molecule has 9 aromatic carbocycles. The molecule has 2 aromatic heterocycles. The van der Waals surface area contributed by atoms with Crippen LogP contribution in [-0.2, 0) is 0 Å². The summed E-state index contributed by atoms with van der Waals surface area (Å²) >= 11 is 0. The van der Waals surface area contributed by atoms with Gasteiger partial charge in [0.15, 0.2) is 0 Å². The van der Waals surface area contributed by atoms with Gasteiger partial charge < -0.3 is 0 Å². The fraction of sp³-hybridized carbons (Fsp3) is 0. The van der Waals surface area contributed by atoms with Crippen molar-refractivity contribution in [1.82, 2.24) is 9.61 Å². The molecule has 0 N–H and O–H groups in total. The molecule has 0 aliphatic rings. The van der Waals surface area contributed by atoms with E-state index in [9.17, 15) is 0 Å². The second-order valence-corrected chi connectivity index (χ2v) is 14.7. The highest BCUT2D eigenvalue weighted by Gasteiger charge is 2.23. The molecule has 0 radical (unpaired) electrons. The first-order valence-corrected chi connectivity index (χ1v) is 19.6. The summed E-state index contributed by atoms with van der Waals surface area (Å²) in [4.78, 5) is 0. The molecule has 0 aliphatic heterocycles. The molecule has 0 bridgehead atoms. The minimum absolute atomic E-state index is 0.972. The Hall–Kier alpha value is -7.55. The quantitative estimate of drug-likeness (QED) is 0.156. The maximum absolute atomic E-state index is 5.43. The normalized spacial score (nSPS) is 11.5. The van der Waals surface area contributed by atoms with Crippen LogP contribution in [0, 0.1) is 0 Å². The van der Waals surface area contributed by atoms with Crippen molar-refractivity contribution in [1.29, 1.82) is 0 Å². The van der Waals surface area contributed by atoms with E-state index in [1.54, 1.807) is 0 Å². The molecule has 266 valence electrons. The fourth-order valence-corrected chi connectivity index (χ4v) is 8.80. The Labute approximate surface area is 331 Å². The van der Waals surface area contributed by atoms with Gasteiger partial charge in [-0.15, -0.1) is 0 Å². The number of hydrogen-bond acceptors (Lipinski definition) is 1. The van der Waals surface area contributed by atoms with Gasteiger partial charge in [-0.05, 0) is 78.0 Å². The standard InChI is InChI=1S/C55H36N2/c1-5-17-37(18-6-1)38-29-31-41(32-30-38)51-46-25-13-15-27-48(46)52(49-28-16-14-26-47(49)51)43-33-34-45-44(35-43)36-50(39-19-7-2-8-20-39)57-55(45)53(40-21-9-3-10-22-40)54(56-57)42-23-11-4-12-24-42/h1-36H. The molecule has 0 unspecified atom stereocenters. The third-order valence-electron chi connectivity index (χ3n) is 11.4. The number of benzene rings is 9. The molecule has 2 heteroatoms. The van der Waals surface area contributed by atoms with Crippen molar-refractivity contribution < 1.29 is 0 Å². The molecule has 0 saturated heterocycles. The molecule has 0 atom stereocenters. The zero-order valence-corrected chi connectivity index (χ0v) is 31.2. The molecule has 0 fully saturated rings. The summed E-state index contributed by atoms with van der Waals surface area (Å²) < 4.78 is 2.17. The van der Waals surface area contributed by atoms with Crippen molar-refractivity contribution in [2.45, 2.75) is 0 Å². The summed E-state index contributed by atoms with van der Waals surface area (Å²) in [6.45, 7) is 0. The predicted molar refractivity (Wildman–Crippen MR) is 240 cm³/mol. The highest BCUT2D eigenvalue weighted by molar-refractivity contribution is 6.22. The Morgan fingerprint density at radius 2 is 0.684 bits per heavy atom. The number of pyridine rings is 1. The van der Waals surface area contributed by atoms with Gasteiger partial charge in [0.05, 0.1) is 11.2 Å². The van der Waals surface area contributed by atoms with Gasteiger partial charge in [0.1, 0.15) is 5.69 Å². The van der Waals surface area contributed by atoms with Gasteiger partial charge in [-0.25, -0.2) is 4.52 Å². The molecule has 57 heavy (non-hydrogen) atoms. The van der Waals surface area contributed by atoms with E-state index >= 15 is 0 Å². The molecule has 0 amide bonds. The van der Waals surface area contributed by atoms with Gasteiger partial charge in [-0.2, -0.15) is 5.10 Å². The topological polar surface area (TPSA) is 17.3 Å². The van der Waals surface area contributed by atoms with Crippen LogP contribution in [0.2, 0.25) is 0 Å². The Morgan fingerprint density at radius 3 is 1.25 bits per heavy atom. The van der Waals surface area contributed by atoms with E-state index in [4.69, 9.17) is 5.10 Å². The summed E-state index contributed by atoms with van der Waals surface area (Å²) in [6, 6.07) is 78.8. The molecule has 11 rings (SSSR count). The molecule has 0 saturated carbocycles. The maximum Gasteiger partial charge on any atom is 0.101 e. The monoisotopic (exact) mass is 724 g/mol. The van der Waals surface area contributed by atoms with Gasteiger partial charge in [-0.3, -0.25) is 0 Å². The number of aromatic nitrogens is 2. The van der Waals surface area contributed by atoms with Gasteiger partial charge in [0.2, 0.25) is 0 Å². The van der Waals surface area contributed by atoms with Crippen molar-refractivity contribution in [3.63, 3.8) is 0 Å². The van der Waals surface area contributed by atoms with Crippen LogP contribution in [0.5, 0.6) is 0 Å². The van der Waals surface area contributed by atoms with Crippen LogP contribution in [0.25, 0.3) is 105 Å². The highest BCUT2D eigenvalue weighted by atomic mass is 15.2. The SMILES string of the molecule is c1ccc(-c2ccc(-c3c4ccccc4c(-c4ccc5c(c4)cc(-c4ccccc4)n4nc(-c6ccccc6)c(-c6ccccc6)c54)c4ccccc34)cc2)cc1. The third-order valence-corrected chi connectivity index (χ3v) is 11.4. The van der Waals surface area contributed by atoms with E-state index in [0.29, 0.717) is 0 Å². The summed E-state index contributed by atoms with van der Waals surface area (Å²) in [6.07, 6.45) is 0. The average molecular weight is 725 g/mol. The Balaban J connectivity index is 1.18. The number of nitrogens with zero attached hydrogens (tertiary/aromatic N) is 2. The Morgan fingerprint density at radius 1 is 0.281 bits per heavy atom. The van der Waals surface area contributed by atoms with Crippen molar-refractivity contribution in [3.05, 3.63) is 218 Å². The summed E-state index contributed by atoms with van der Waals surface area (Å²) in [7, 11) is 0. The number of fused-ring (bicyclic) bond motifs is 5. The van der Waals surface area contributed by atoms with E-state index in [0.717, 1.165) is 44.5 Å². The van der Waals surface area contributed by atoms with E-state index in [1.807, 2.05) is 0 Å². The van der Waals surface area contributed by atoms with Crippen molar-refractivity contribution in [2.24, 2.45) is 0 Å². The lowest BCUT2D eigenvalue weighted by Gasteiger charge is -2.18. The highest BCUT2D eigenvalue weighted by Crippen LogP contribution is 2.46. The number of rotatable bonds is 6. The van der Waals surface area contributed by atoms with Crippen LogP contribution in [0.15, 0.2) is 218 Å². The molecule has 11 aromatic rings. The van der Waals surface area contributed by atoms with Gasteiger partial charge >= 0.3 is 0 Å². The summed E-state index contributed by atoms with van der Waals surface area (Å²) in [5.74, 6) is 0. The molecule has 2 heterocycles. The minimum Gasteiger partial charge on any atom is -0.231 e. The van der Waals surface area contributed by atoms with Crippen LogP contribution in [0.3, 0.4) is 0 Å². The lowest BCUT2D eigenvalue weighted by atomic mass is 9.85.